The molecular weight excluding hydrogens is 244 g/mol. The molecule has 0 radical (unpaired) electrons. The lowest BCUT2D eigenvalue weighted by molar-refractivity contribution is 0.0794. The highest BCUT2D eigenvalue weighted by molar-refractivity contribution is 5.31. The van der Waals surface area contributed by atoms with Gasteiger partial charge in [0.25, 0.3) is 6.43 Å². The Bertz CT molecular complexity index is 499. The molecule has 2 aromatic heterocycles. The van der Waals surface area contributed by atoms with E-state index in [1.807, 2.05) is 0 Å². The molecule has 0 aliphatic heterocycles. The third-order valence-electron chi connectivity index (χ3n) is 2.12. The van der Waals surface area contributed by atoms with E-state index in [1.165, 1.54) is 17.9 Å². The lowest BCUT2D eigenvalue weighted by Crippen LogP contribution is -2.07. The number of hydrogen-bond donors (Lipinski definition) is 0. The Balaban J connectivity index is 2.08. The van der Waals surface area contributed by atoms with Crippen molar-refractivity contribution in [3.63, 3.8) is 0 Å². The van der Waals surface area contributed by atoms with Crippen LogP contribution < -0.4 is 9.47 Å². The van der Waals surface area contributed by atoms with Gasteiger partial charge in [0.1, 0.15) is 0 Å². The normalized spacial score (nSPS) is 10.7. The van der Waals surface area contributed by atoms with E-state index in [0.717, 1.165) is 0 Å². The van der Waals surface area contributed by atoms with Gasteiger partial charge in [-0.05, 0) is 6.07 Å². The summed E-state index contributed by atoms with van der Waals surface area (Å²) < 4.78 is 35.1. The molecule has 18 heavy (non-hydrogen) atoms. The van der Waals surface area contributed by atoms with Crippen LogP contribution in [0.2, 0.25) is 0 Å². The first-order chi connectivity index (χ1) is 8.69. The minimum Gasteiger partial charge on any atom is -0.481 e. The molecule has 0 aliphatic rings. The second kappa shape index (κ2) is 5.44. The zero-order chi connectivity index (χ0) is 13.0. The van der Waals surface area contributed by atoms with Gasteiger partial charge in [-0.3, -0.25) is 0 Å². The van der Waals surface area contributed by atoms with Crippen molar-refractivity contribution >= 4 is 0 Å². The van der Waals surface area contributed by atoms with Gasteiger partial charge < -0.3 is 9.47 Å². The zero-order valence-corrected chi connectivity index (χ0v) is 9.59. The van der Waals surface area contributed by atoms with E-state index in [4.69, 9.17) is 9.47 Å². The summed E-state index contributed by atoms with van der Waals surface area (Å²) in [5.74, 6) is 0.631. The lowest BCUT2D eigenvalue weighted by atomic mass is 10.4. The number of methoxy groups -OCH3 is 1. The van der Waals surface area contributed by atoms with Crippen molar-refractivity contribution in [1.29, 1.82) is 0 Å². The van der Waals surface area contributed by atoms with E-state index in [2.05, 4.69) is 10.1 Å². The number of pyridine rings is 1. The van der Waals surface area contributed by atoms with Gasteiger partial charge in [0.15, 0.2) is 6.61 Å². The van der Waals surface area contributed by atoms with Crippen molar-refractivity contribution in [3.8, 4) is 17.4 Å². The topological polar surface area (TPSA) is 49.2 Å². The fraction of sp³-hybridized carbons (Fsp3) is 0.273. The van der Waals surface area contributed by atoms with Crippen molar-refractivity contribution in [3.05, 3.63) is 30.6 Å². The lowest BCUT2D eigenvalue weighted by Gasteiger charge is -2.03. The van der Waals surface area contributed by atoms with Crippen LogP contribution in [0.25, 0.3) is 5.69 Å². The third-order valence-corrected chi connectivity index (χ3v) is 2.12. The standard InChI is InChI=1S/C11H11F2N3O2/c1-17-10-3-2-8(6-14-10)16-5-4-11(15-16)18-7-9(12)13/h2-6,9H,7H2,1H3. The van der Waals surface area contributed by atoms with Gasteiger partial charge in [-0.2, -0.15) is 0 Å². The number of hydrogen-bond acceptors (Lipinski definition) is 4. The minimum absolute atomic E-state index is 0.145. The Hall–Kier alpha value is -2.18. The SMILES string of the molecule is COc1ccc(-n2ccc(OCC(F)F)n2)cn1. The van der Waals surface area contributed by atoms with Crippen molar-refractivity contribution in [2.24, 2.45) is 0 Å². The highest BCUT2D eigenvalue weighted by Crippen LogP contribution is 2.14. The van der Waals surface area contributed by atoms with E-state index in [9.17, 15) is 8.78 Å². The van der Waals surface area contributed by atoms with Crippen LogP contribution in [0.4, 0.5) is 8.78 Å². The summed E-state index contributed by atoms with van der Waals surface area (Å²) in [6.45, 7) is -0.669. The number of rotatable bonds is 5. The molecule has 0 atom stereocenters. The van der Waals surface area contributed by atoms with Gasteiger partial charge in [0.2, 0.25) is 11.8 Å². The molecule has 0 saturated carbocycles. The molecule has 5 nitrogen and oxygen atoms in total. The van der Waals surface area contributed by atoms with Crippen LogP contribution in [0, 0.1) is 0 Å². The van der Waals surface area contributed by atoms with Gasteiger partial charge in [-0.25, -0.2) is 18.4 Å². The molecule has 0 unspecified atom stereocenters. The van der Waals surface area contributed by atoms with E-state index < -0.39 is 13.0 Å². The zero-order valence-electron chi connectivity index (χ0n) is 9.59. The van der Waals surface area contributed by atoms with Crippen LogP contribution in [-0.4, -0.2) is 34.9 Å². The van der Waals surface area contributed by atoms with E-state index in [1.54, 1.807) is 24.5 Å². The molecule has 96 valence electrons. The van der Waals surface area contributed by atoms with Gasteiger partial charge in [0.05, 0.1) is 19.0 Å². The fourth-order valence-corrected chi connectivity index (χ4v) is 1.31. The van der Waals surface area contributed by atoms with E-state index >= 15 is 0 Å². The molecule has 2 heterocycles. The van der Waals surface area contributed by atoms with Gasteiger partial charge >= 0.3 is 0 Å². The van der Waals surface area contributed by atoms with E-state index in [-0.39, 0.29) is 5.88 Å². The highest BCUT2D eigenvalue weighted by atomic mass is 19.3. The quantitative estimate of drug-likeness (QED) is 0.819. The van der Waals surface area contributed by atoms with Crippen LogP contribution in [0.15, 0.2) is 30.6 Å². The van der Waals surface area contributed by atoms with Crippen molar-refractivity contribution in [2.45, 2.75) is 6.43 Å². The average Bonchev–Trinajstić information content (AvgIpc) is 2.85. The summed E-state index contributed by atoms with van der Waals surface area (Å²) in [7, 11) is 1.52. The van der Waals surface area contributed by atoms with Crippen LogP contribution in [0.3, 0.4) is 0 Å². The van der Waals surface area contributed by atoms with Crippen LogP contribution in [0.1, 0.15) is 0 Å². The predicted octanol–water partition coefficient (Wildman–Crippen LogP) is 1.92. The van der Waals surface area contributed by atoms with Crippen LogP contribution >= 0.6 is 0 Å². The first kappa shape index (κ1) is 12.3. The first-order valence-corrected chi connectivity index (χ1v) is 5.16. The second-order valence-corrected chi connectivity index (χ2v) is 3.36. The van der Waals surface area contributed by atoms with Crippen LogP contribution in [0.5, 0.6) is 11.8 Å². The summed E-state index contributed by atoms with van der Waals surface area (Å²) in [5.41, 5.74) is 0.683. The Morgan fingerprint density at radius 3 is 2.72 bits per heavy atom. The predicted molar refractivity (Wildman–Crippen MR) is 59.4 cm³/mol. The summed E-state index contributed by atoms with van der Waals surface area (Å²) in [6.07, 6.45) is 0.644. The number of aromatic nitrogens is 3. The van der Waals surface area contributed by atoms with Crippen molar-refractivity contribution < 1.29 is 18.3 Å². The maximum Gasteiger partial charge on any atom is 0.272 e. The molecule has 0 fully saturated rings. The number of halogens is 2. The molecule has 0 spiro atoms. The maximum absolute atomic E-state index is 12.0. The molecule has 0 bridgehead atoms. The Labute approximate surface area is 102 Å². The first-order valence-electron chi connectivity index (χ1n) is 5.16. The monoisotopic (exact) mass is 255 g/mol. The fourth-order valence-electron chi connectivity index (χ4n) is 1.31. The molecule has 2 aromatic rings. The Kier molecular flexibility index (Phi) is 3.71. The van der Waals surface area contributed by atoms with Gasteiger partial charge in [-0.1, -0.05) is 0 Å². The molecule has 0 saturated heterocycles. The average molecular weight is 255 g/mol. The molecule has 0 aliphatic carbocycles. The molecule has 0 aromatic carbocycles. The largest absolute Gasteiger partial charge is 0.481 e. The van der Waals surface area contributed by atoms with E-state index in [0.29, 0.717) is 11.6 Å². The molecule has 0 amide bonds. The summed E-state index contributed by atoms with van der Waals surface area (Å²) in [6, 6.07) is 4.93. The van der Waals surface area contributed by atoms with Gasteiger partial charge in [-0.15, -0.1) is 5.10 Å². The third kappa shape index (κ3) is 2.93. The molecule has 0 N–H and O–H groups in total. The summed E-state index contributed by atoms with van der Waals surface area (Å²) in [5, 5.41) is 3.99. The molecule has 7 heteroatoms. The highest BCUT2D eigenvalue weighted by Gasteiger charge is 2.07. The number of ether oxygens (including phenoxy) is 2. The van der Waals surface area contributed by atoms with Crippen molar-refractivity contribution in [1.82, 2.24) is 14.8 Å². The van der Waals surface area contributed by atoms with Crippen LogP contribution in [-0.2, 0) is 0 Å². The maximum atomic E-state index is 12.0. The Morgan fingerprint density at radius 2 is 2.11 bits per heavy atom. The second-order valence-electron chi connectivity index (χ2n) is 3.36. The van der Waals surface area contributed by atoms with Crippen molar-refractivity contribution in [2.75, 3.05) is 13.7 Å². The summed E-state index contributed by atoms with van der Waals surface area (Å²) >= 11 is 0. The Morgan fingerprint density at radius 1 is 1.28 bits per heavy atom. The number of alkyl halides is 2. The molecule has 2 rings (SSSR count). The molecular formula is C11H11F2N3O2. The number of nitrogens with zero attached hydrogens (tertiary/aromatic N) is 3. The minimum atomic E-state index is -2.52. The van der Waals surface area contributed by atoms with Gasteiger partial charge in [0, 0.05) is 18.3 Å². The summed E-state index contributed by atoms with van der Waals surface area (Å²) in [4.78, 5) is 4.01. The smallest absolute Gasteiger partial charge is 0.272 e.